The number of nitrogens with zero attached hydrogens (tertiary/aromatic N) is 3. The number of carbonyl (C=O) groups excluding carboxylic acids is 1. The number of rotatable bonds is 6. The van der Waals surface area contributed by atoms with Gasteiger partial charge in [0.1, 0.15) is 6.61 Å². The maximum absolute atomic E-state index is 13.7. The summed E-state index contributed by atoms with van der Waals surface area (Å²) in [6.45, 7) is 0.0480. The largest absolute Gasteiger partial charge is 0.476 e. The summed E-state index contributed by atoms with van der Waals surface area (Å²) in [5.74, 6) is -4.35. The lowest BCUT2D eigenvalue weighted by atomic mass is 9.81. The van der Waals surface area contributed by atoms with Gasteiger partial charge in [-0.05, 0) is 24.3 Å². The number of amides is 1. The molecule has 2 aromatic heterocycles. The molecule has 3 aromatic rings. The van der Waals surface area contributed by atoms with Crippen LogP contribution in [0.25, 0.3) is 5.65 Å². The van der Waals surface area contributed by atoms with Gasteiger partial charge in [0.2, 0.25) is 5.92 Å². The van der Waals surface area contributed by atoms with Crippen LogP contribution in [0.1, 0.15) is 53.5 Å². The Balaban J connectivity index is 1.58. The Morgan fingerprint density at radius 2 is 1.97 bits per heavy atom. The van der Waals surface area contributed by atoms with Crippen molar-refractivity contribution in [2.45, 2.75) is 44.3 Å². The number of hydrogen-bond donors (Lipinski definition) is 2. The lowest BCUT2D eigenvalue weighted by Crippen LogP contribution is -2.37. The first-order valence-electron chi connectivity index (χ1n) is 10.4. The third kappa shape index (κ3) is 5.39. The summed E-state index contributed by atoms with van der Waals surface area (Å²) in [7, 11) is 0. The van der Waals surface area contributed by atoms with Crippen LogP contribution in [0, 0.1) is 5.92 Å². The van der Waals surface area contributed by atoms with Gasteiger partial charge < -0.3 is 15.2 Å². The first-order chi connectivity index (χ1) is 15.7. The molecule has 174 valence electrons. The summed E-state index contributed by atoms with van der Waals surface area (Å²) in [6.07, 6.45) is 0.520. The van der Waals surface area contributed by atoms with E-state index < -0.39 is 24.0 Å². The summed E-state index contributed by atoms with van der Waals surface area (Å²) < 4.78 is 34.0. The minimum absolute atomic E-state index is 0.0480. The second kappa shape index (κ2) is 9.30. The van der Waals surface area contributed by atoms with Crippen LogP contribution >= 0.6 is 11.6 Å². The zero-order chi connectivity index (χ0) is 23.6. The monoisotopic (exact) mass is 478 g/mol. The second-order valence-corrected chi connectivity index (χ2v) is 8.40. The van der Waals surface area contributed by atoms with E-state index in [1.54, 1.807) is 0 Å². The van der Waals surface area contributed by atoms with Crippen molar-refractivity contribution in [3.63, 3.8) is 0 Å². The van der Waals surface area contributed by atoms with Gasteiger partial charge in [0.15, 0.2) is 11.3 Å². The van der Waals surface area contributed by atoms with Crippen molar-refractivity contribution in [2.75, 3.05) is 0 Å². The molecule has 1 fully saturated rings. The number of imidazole rings is 1. The summed E-state index contributed by atoms with van der Waals surface area (Å²) >= 11 is 5.98. The summed E-state index contributed by atoms with van der Waals surface area (Å²) in [5.41, 5.74) is 1.07. The smallest absolute Gasteiger partial charge is 0.408 e. The number of hydrogen-bond acceptors (Lipinski definition) is 5. The Morgan fingerprint density at radius 1 is 1.27 bits per heavy atom. The third-order valence-electron chi connectivity index (χ3n) is 5.66. The van der Waals surface area contributed by atoms with Crippen LogP contribution in [0.4, 0.5) is 13.6 Å². The van der Waals surface area contributed by atoms with E-state index in [4.69, 9.17) is 16.3 Å². The molecule has 0 aliphatic heterocycles. The van der Waals surface area contributed by atoms with E-state index in [-0.39, 0.29) is 54.6 Å². The molecule has 0 saturated heterocycles. The fraction of sp³-hybridized carbons (Fsp3) is 0.364. The van der Waals surface area contributed by atoms with Gasteiger partial charge in [-0.25, -0.2) is 27.9 Å². The van der Waals surface area contributed by atoms with Crippen molar-refractivity contribution in [3.05, 3.63) is 64.6 Å². The van der Waals surface area contributed by atoms with Crippen LogP contribution in [0.15, 0.2) is 42.6 Å². The normalized spacial score (nSPS) is 16.9. The van der Waals surface area contributed by atoms with Gasteiger partial charge in [0.25, 0.3) is 0 Å². The Bertz CT molecular complexity index is 1160. The number of halogens is 3. The lowest BCUT2D eigenvalue weighted by molar-refractivity contribution is -0.0497. The van der Waals surface area contributed by atoms with E-state index in [0.29, 0.717) is 5.69 Å². The molecule has 0 radical (unpaired) electrons. The van der Waals surface area contributed by atoms with Crippen molar-refractivity contribution in [1.82, 2.24) is 19.9 Å². The molecule has 4 rings (SSSR count). The van der Waals surface area contributed by atoms with Crippen molar-refractivity contribution in [2.24, 2.45) is 5.92 Å². The van der Waals surface area contributed by atoms with Crippen LogP contribution in [-0.2, 0) is 11.3 Å². The molecule has 33 heavy (non-hydrogen) atoms. The average molecular weight is 479 g/mol. The van der Waals surface area contributed by atoms with Gasteiger partial charge in [-0.2, -0.15) is 5.10 Å². The third-order valence-corrected chi connectivity index (χ3v) is 5.95. The predicted octanol–water partition coefficient (Wildman–Crippen LogP) is 4.87. The average Bonchev–Trinajstić information content (AvgIpc) is 3.19. The van der Waals surface area contributed by atoms with E-state index in [1.165, 1.54) is 16.8 Å². The number of carbonyl (C=O) groups is 2. The molecule has 1 atom stereocenters. The molecule has 1 aliphatic rings. The number of ether oxygens (including phenoxy) is 1. The van der Waals surface area contributed by atoms with Gasteiger partial charge in [0, 0.05) is 18.9 Å². The summed E-state index contributed by atoms with van der Waals surface area (Å²) in [4.78, 5) is 28.3. The summed E-state index contributed by atoms with van der Waals surface area (Å²) in [6, 6.07) is 9.73. The fourth-order valence-electron chi connectivity index (χ4n) is 3.94. The quantitative estimate of drug-likeness (QED) is 0.523. The molecule has 1 aromatic carbocycles. The molecule has 0 spiro atoms. The molecule has 0 bridgehead atoms. The molecular weight excluding hydrogens is 458 g/mol. The highest BCUT2D eigenvalue weighted by molar-refractivity contribution is 6.33. The number of alkyl halides is 2. The fourth-order valence-corrected chi connectivity index (χ4v) is 4.15. The van der Waals surface area contributed by atoms with Crippen molar-refractivity contribution < 1.29 is 28.2 Å². The number of nitrogens with one attached hydrogen (secondary N) is 1. The van der Waals surface area contributed by atoms with Gasteiger partial charge in [-0.1, -0.05) is 41.9 Å². The first kappa shape index (κ1) is 22.9. The Kier molecular flexibility index (Phi) is 6.46. The molecular formula is C22H21ClF2N4O4. The number of benzene rings is 1. The standard InChI is InChI=1S/C22H21ClF2N4O4/c23-15-10-17-26-16(11-29(17)28-19(15)20(30)31)18(14-6-8-22(24,25)9-7-14)27-21(32)33-12-13-4-2-1-3-5-13/h1-5,10-11,14,18H,6-9,12H2,(H,27,32)(H,30,31)/t18-/m0/s1. The second-order valence-electron chi connectivity index (χ2n) is 7.99. The van der Waals surface area contributed by atoms with E-state index in [0.717, 1.165) is 5.56 Å². The zero-order valence-corrected chi connectivity index (χ0v) is 18.1. The van der Waals surface area contributed by atoms with Gasteiger partial charge in [-0.15, -0.1) is 0 Å². The number of aromatic nitrogens is 3. The van der Waals surface area contributed by atoms with Crippen molar-refractivity contribution >= 4 is 29.3 Å². The van der Waals surface area contributed by atoms with E-state index in [1.807, 2.05) is 30.3 Å². The Morgan fingerprint density at radius 3 is 2.64 bits per heavy atom. The van der Waals surface area contributed by atoms with Crippen LogP contribution < -0.4 is 5.32 Å². The Hall–Kier alpha value is -3.27. The molecule has 2 N–H and O–H groups in total. The maximum Gasteiger partial charge on any atom is 0.408 e. The Labute approximate surface area is 192 Å². The van der Waals surface area contributed by atoms with Crippen LogP contribution in [0.3, 0.4) is 0 Å². The van der Waals surface area contributed by atoms with E-state index in [9.17, 15) is 23.5 Å². The molecule has 1 saturated carbocycles. The van der Waals surface area contributed by atoms with Gasteiger partial charge in [0.05, 0.1) is 23.0 Å². The topological polar surface area (TPSA) is 106 Å². The molecule has 0 unspecified atom stereocenters. The van der Waals surface area contributed by atoms with Crippen LogP contribution in [0.2, 0.25) is 5.02 Å². The van der Waals surface area contributed by atoms with Crippen molar-refractivity contribution in [3.8, 4) is 0 Å². The summed E-state index contributed by atoms with van der Waals surface area (Å²) in [5, 5.41) is 15.9. The molecule has 1 aliphatic carbocycles. The minimum Gasteiger partial charge on any atom is -0.476 e. The zero-order valence-electron chi connectivity index (χ0n) is 17.4. The molecule has 8 nitrogen and oxygen atoms in total. The number of fused-ring (bicyclic) bond motifs is 1. The van der Waals surface area contributed by atoms with Crippen LogP contribution in [-0.4, -0.2) is 37.7 Å². The highest BCUT2D eigenvalue weighted by atomic mass is 35.5. The highest BCUT2D eigenvalue weighted by Gasteiger charge is 2.39. The van der Waals surface area contributed by atoms with E-state index >= 15 is 0 Å². The number of alkyl carbamates (subject to hydrolysis) is 1. The van der Waals surface area contributed by atoms with Crippen LogP contribution in [0.5, 0.6) is 0 Å². The minimum atomic E-state index is -2.74. The number of carboxylic acids is 1. The maximum atomic E-state index is 13.7. The lowest BCUT2D eigenvalue weighted by Gasteiger charge is -2.33. The number of aromatic carboxylic acids is 1. The predicted molar refractivity (Wildman–Crippen MR) is 114 cm³/mol. The van der Waals surface area contributed by atoms with E-state index in [2.05, 4.69) is 15.4 Å². The van der Waals surface area contributed by atoms with Crippen molar-refractivity contribution in [1.29, 1.82) is 0 Å². The molecule has 1 amide bonds. The molecule has 2 heterocycles. The first-order valence-corrected chi connectivity index (χ1v) is 10.7. The van der Waals surface area contributed by atoms with Gasteiger partial charge in [-0.3, -0.25) is 0 Å². The SMILES string of the molecule is O=C(N[C@H](c1cn2nc(C(=O)O)c(Cl)cc2n1)C1CCC(F)(F)CC1)OCc1ccccc1. The molecule has 11 heteroatoms. The highest BCUT2D eigenvalue weighted by Crippen LogP contribution is 2.41. The van der Waals surface area contributed by atoms with Gasteiger partial charge >= 0.3 is 12.1 Å². The number of carboxylic acid groups (broad SMARTS) is 1.